The van der Waals surface area contributed by atoms with Gasteiger partial charge in [-0.05, 0) is 38.4 Å². The zero-order valence-corrected chi connectivity index (χ0v) is 17.9. The van der Waals surface area contributed by atoms with Gasteiger partial charge in [0.25, 0.3) is 0 Å². The van der Waals surface area contributed by atoms with Gasteiger partial charge in [-0.2, -0.15) is 5.10 Å². The van der Waals surface area contributed by atoms with E-state index in [1.807, 2.05) is 47.6 Å². The number of carbonyl (C=O) groups excluding carboxylic acids is 2. The van der Waals surface area contributed by atoms with Crippen LogP contribution in [0.5, 0.6) is 0 Å². The van der Waals surface area contributed by atoms with Crippen LogP contribution in [0.25, 0.3) is 11.4 Å². The number of hydrogen-bond acceptors (Lipinski definition) is 4. The molecule has 29 heavy (non-hydrogen) atoms. The van der Waals surface area contributed by atoms with Crippen molar-refractivity contribution in [3.05, 3.63) is 34.6 Å². The summed E-state index contributed by atoms with van der Waals surface area (Å²) in [5.41, 5.74) is 2.13. The number of likely N-dealkylation sites (tertiary alicyclic amines) is 1. The van der Waals surface area contributed by atoms with Gasteiger partial charge in [-0.3, -0.25) is 19.3 Å². The summed E-state index contributed by atoms with van der Waals surface area (Å²) < 4.78 is 2.37. The topological polar surface area (TPSA) is 83.0 Å². The molecule has 156 valence electrons. The summed E-state index contributed by atoms with van der Waals surface area (Å²) in [5, 5.41) is 10.1. The van der Waals surface area contributed by atoms with E-state index in [0.717, 1.165) is 30.7 Å². The lowest BCUT2D eigenvalue weighted by Crippen LogP contribution is -2.45. The van der Waals surface area contributed by atoms with Crippen LogP contribution in [-0.2, 0) is 16.1 Å². The van der Waals surface area contributed by atoms with Crippen LogP contribution in [0, 0.1) is 17.6 Å². The van der Waals surface area contributed by atoms with Crippen LogP contribution in [0.15, 0.2) is 24.3 Å². The molecule has 1 fully saturated rings. The van der Waals surface area contributed by atoms with E-state index in [2.05, 4.69) is 15.5 Å². The second kappa shape index (κ2) is 9.82. The fourth-order valence-electron chi connectivity index (χ4n) is 3.62. The van der Waals surface area contributed by atoms with Gasteiger partial charge in [0.1, 0.15) is 0 Å². The number of rotatable bonds is 7. The third-order valence-electron chi connectivity index (χ3n) is 5.31. The lowest BCUT2D eigenvalue weighted by Gasteiger charge is -2.32. The largest absolute Gasteiger partial charge is 0.356 e. The SMILES string of the molecule is CCCNC(=O)C1CCCN(C(=O)CCn2c(-c3ccc(C)cc3)n[nH]c2=S)C1. The van der Waals surface area contributed by atoms with E-state index in [1.54, 1.807) is 0 Å². The van der Waals surface area contributed by atoms with Crippen LogP contribution < -0.4 is 5.32 Å². The third kappa shape index (κ3) is 5.32. The van der Waals surface area contributed by atoms with Crippen molar-refractivity contribution in [2.75, 3.05) is 19.6 Å². The Balaban J connectivity index is 1.62. The van der Waals surface area contributed by atoms with E-state index in [1.165, 1.54) is 5.56 Å². The van der Waals surface area contributed by atoms with Crippen molar-refractivity contribution in [2.45, 2.75) is 46.1 Å². The van der Waals surface area contributed by atoms with Crippen molar-refractivity contribution >= 4 is 24.0 Å². The van der Waals surface area contributed by atoms with Gasteiger partial charge in [-0.1, -0.05) is 36.8 Å². The van der Waals surface area contributed by atoms with Gasteiger partial charge < -0.3 is 10.2 Å². The smallest absolute Gasteiger partial charge is 0.224 e. The van der Waals surface area contributed by atoms with Crippen molar-refractivity contribution in [3.63, 3.8) is 0 Å². The number of hydrogen-bond donors (Lipinski definition) is 2. The number of aromatic nitrogens is 3. The molecule has 2 N–H and O–H groups in total. The first kappa shape index (κ1) is 21.2. The molecule has 2 aromatic rings. The Morgan fingerprint density at radius 3 is 2.79 bits per heavy atom. The number of piperidine rings is 1. The maximum Gasteiger partial charge on any atom is 0.224 e. The van der Waals surface area contributed by atoms with Crippen LogP contribution in [-0.4, -0.2) is 51.1 Å². The first-order valence-electron chi connectivity index (χ1n) is 10.3. The van der Waals surface area contributed by atoms with Crippen molar-refractivity contribution in [1.82, 2.24) is 25.0 Å². The summed E-state index contributed by atoms with van der Waals surface area (Å²) in [6.07, 6.45) is 2.94. The molecule has 0 spiro atoms. The number of nitrogens with zero attached hydrogens (tertiary/aromatic N) is 3. The van der Waals surface area contributed by atoms with Crippen molar-refractivity contribution in [3.8, 4) is 11.4 Å². The molecule has 1 atom stereocenters. The van der Waals surface area contributed by atoms with Crippen LogP contribution in [0.1, 0.15) is 38.2 Å². The highest BCUT2D eigenvalue weighted by Crippen LogP contribution is 2.20. The molecular weight excluding hydrogens is 386 g/mol. The maximum absolute atomic E-state index is 12.8. The fourth-order valence-corrected chi connectivity index (χ4v) is 3.85. The Kier molecular flexibility index (Phi) is 7.19. The summed E-state index contributed by atoms with van der Waals surface area (Å²) in [6, 6.07) is 8.06. The van der Waals surface area contributed by atoms with Crippen LogP contribution in [0.3, 0.4) is 0 Å². The number of amides is 2. The Hall–Kier alpha value is -2.48. The van der Waals surface area contributed by atoms with Gasteiger partial charge >= 0.3 is 0 Å². The molecule has 1 aliphatic heterocycles. The highest BCUT2D eigenvalue weighted by molar-refractivity contribution is 7.71. The predicted molar refractivity (Wildman–Crippen MR) is 115 cm³/mol. The molecule has 1 aromatic heterocycles. The highest BCUT2D eigenvalue weighted by atomic mass is 32.1. The molecule has 1 saturated heterocycles. The molecule has 0 aliphatic carbocycles. The lowest BCUT2D eigenvalue weighted by atomic mass is 9.97. The van der Waals surface area contributed by atoms with Crippen molar-refractivity contribution < 1.29 is 9.59 Å². The number of H-pyrrole nitrogens is 1. The van der Waals surface area contributed by atoms with Crippen molar-refractivity contribution in [1.29, 1.82) is 0 Å². The minimum absolute atomic E-state index is 0.0518. The van der Waals surface area contributed by atoms with Gasteiger partial charge in [0.15, 0.2) is 10.6 Å². The number of benzene rings is 1. The van der Waals surface area contributed by atoms with Gasteiger partial charge in [0.05, 0.1) is 5.92 Å². The third-order valence-corrected chi connectivity index (χ3v) is 5.62. The van der Waals surface area contributed by atoms with E-state index in [4.69, 9.17) is 12.2 Å². The first-order valence-corrected chi connectivity index (χ1v) is 10.7. The Labute approximate surface area is 176 Å². The Morgan fingerprint density at radius 1 is 1.31 bits per heavy atom. The average molecular weight is 416 g/mol. The summed E-state index contributed by atoms with van der Waals surface area (Å²) >= 11 is 5.37. The zero-order valence-electron chi connectivity index (χ0n) is 17.1. The summed E-state index contributed by atoms with van der Waals surface area (Å²) in [5.74, 6) is 0.732. The minimum atomic E-state index is -0.113. The molecular formula is C21H29N5O2S. The van der Waals surface area contributed by atoms with Gasteiger partial charge in [0.2, 0.25) is 11.8 Å². The molecule has 1 unspecified atom stereocenters. The fraction of sp³-hybridized carbons (Fsp3) is 0.524. The Bertz CT molecular complexity index is 903. The monoisotopic (exact) mass is 415 g/mol. The van der Waals surface area contributed by atoms with E-state index in [0.29, 0.717) is 37.4 Å². The standard InChI is InChI=1S/C21H29N5O2S/c1-3-11-22-20(28)17-5-4-12-25(14-17)18(27)10-13-26-19(23-24-21(26)29)16-8-6-15(2)7-9-16/h6-9,17H,3-5,10-14H2,1-2H3,(H,22,28)(H,24,29). The van der Waals surface area contributed by atoms with E-state index >= 15 is 0 Å². The summed E-state index contributed by atoms with van der Waals surface area (Å²) in [7, 11) is 0. The molecule has 8 heteroatoms. The average Bonchev–Trinajstić information content (AvgIpc) is 3.11. The quantitative estimate of drug-likeness (QED) is 0.681. The predicted octanol–water partition coefficient (Wildman–Crippen LogP) is 3.07. The molecule has 1 aromatic carbocycles. The molecule has 7 nitrogen and oxygen atoms in total. The number of carbonyl (C=O) groups is 2. The first-order chi connectivity index (χ1) is 14.0. The molecule has 0 bridgehead atoms. The lowest BCUT2D eigenvalue weighted by molar-refractivity contribution is -0.135. The zero-order chi connectivity index (χ0) is 20.8. The number of nitrogens with one attached hydrogen (secondary N) is 2. The normalized spacial score (nSPS) is 16.6. The molecule has 2 heterocycles. The van der Waals surface area contributed by atoms with Crippen LogP contribution in [0.2, 0.25) is 0 Å². The van der Waals surface area contributed by atoms with Gasteiger partial charge in [0, 0.05) is 38.2 Å². The van der Waals surface area contributed by atoms with Crippen LogP contribution >= 0.6 is 12.2 Å². The van der Waals surface area contributed by atoms with E-state index in [9.17, 15) is 9.59 Å². The van der Waals surface area contributed by atoms with Crippen LogP contribution in [0.4, 0.5) is 0 Å². The molecule has 2 amide bonds. The minimum Gasteiger partial charge on any atom is -0.356 e. The molecule has 3 rings (SSSR count). The maximum atomic E-state index is 12.8. The van der Waals surface area contributed by atoms with Gasteiger partial charge in [-0.25, -0.2) is 0 Å². The molecule has 0 saturated carbocycles. The highest BCUT2D eigenvalue weighted by Gasteiger charge is 2.28. The van der Waals surface area contributed by atoms with Crippen molar-refractivity contribution in [2.24, 2.45) is 5.92 Å². The van der Waals surface area contributed by atoms with E-state index < -0.39 is 0 Å². The number of aromatic amines is 1. The summed E-state index contributed by atoms with van der Waals surface area (Å²) in [6.45, 7) is 6.41. The Morgan fingerprint density at radius 2 is 2.07 bits per heavy atom. The second-order valence-corrected chi connectivity index (χ2v) is 7.98. The second-order valence-electron chi connectivity index (χ2n) is 7.59. The van der Waals surface area contributed by atoms with Gasteiger partial charge in [-0.15, -0.1) is 0 Å². The molecule has 0 radical (unpaired) electrons. The molecule has 1 aliphatic rings. The number of aryl methyl sites for hydroxylation is 1. The van der Waals surface area contributed by atoms with E-state index in [-0.39, 0.29) is 17.7 Å². The summed E-state index contributed by atoms with van der Waals surface area (Å²) in [4.78, 5) is 26.9.